The van der Waals surface area contributed by atoms with E-state index in [0.717, 1.165) is 94.5 Å². The molecule has 0 saturated heterocycles. The maximum absolute atomic E-state index is 10.4. The number of halogens is 5. The molecule has 13 aromatic carbocycles. The Hall–Kier alpha value is -6.30. The van der Waals surface area contributed by atoms with E-state index in [1.54, 1.807) is 49.3 Å². The summed E-state index contributed by atoms with van der Waals surface area (Å²) in [4.78, 5) is 21.9. The monoisotopic (exact) mass is 1900 g/mol. The van der Waals surface area contributed by atoms with Gasteiger partial charge in [0.15, 0.2) is 0 Å². The van der Waals surface area contributed by atoms with Crippen LogP contribution < -0.4 is 0 Å². The number of hydrogen-bond acceptors (Lipinski definition) is 10. The molecule has 0 aromatic heterocycles. The van der Waals surface area contributed by atoms with Crippen molar-refractivity contribution in [3.63, 3.8) is 0 Å². The standard InChI is InChI=1S/C19H15NO.2C17H13NO.2C14H13NO.5CH3.5BrH.5Ti/c21-19-16(14-20-17-11-5-2-6-12-17)10-7-13-18(19)15-8-3-1-4-9-15;19-17-11-4-2-7-14(17)12-18-16-10-5-8-13-6-1-3-9-15(13)16;19-17-11-10-13-6-4-5-9-15(13)16(17)12-18-14-7-2-1-3-8-14;2*1-11-6-5-7-12(14(11)16)10-15-13-8-3-2-4-9-13;;;;;;;;;;;;;;;/h1-14,21H;2*1-12,19H;2*2-10,16H,1H3;5*1H3;5*1H;;;;;/q;;;;;5*-1;;;;;;5*+2/p-5. The van der Waals surface area contributed by atoms with Crippen LogP contribution in [-0.2, 0) is 91.7 Å². The van der Waals surface area contributed by atoms with Crippen molar-refractivity contribution in [2.45, 2.75) is 13.8 Å². The van der Waals surface area contributed by atoms with E-state index in [0.29, 0.717) is 17.1 Å². The first kappa shape index (κ1) is 102. The molecule has 0 aliphatic carbocycles. The number of phenols is 5. The molecule has 0 unspecified atom stereocenters. The van der Waals surface area contributed by atoms with Crippen LogP contribution >= 0.6 is 65.8 Å². The molecule has 536 valence electrons. The Morgan fingerprint density at radius 1 is 0.255 bits per heavy atom. The Labute approximate surface area is 719 Å². The van der Waals surface area contributed by atoms with Gasteiger partial charge in [-0.25, -0.2) is 0 Å². The fourth-order valence-electron chi connectivity index (χ4n) is 9.19. The molecule has 0 atom stereocenters. The van der Waals surface area contributed by atoms with Crippen molar-refractivity contribution in [1.82, 2.24) is 0 Å². The Kier molecular flexibility index (Phi) is 59.1. The molecule has 13 rings (SSSR count). The summed E-state index contributed by atoms with van der Waals surface area (Å²) in [5, 5.41) is 54.1. The van der Waals surface area contributed by atoms with Gasteiger partial charge in [-0.1, -0.05) is 218 Å². The van der Waals surface area contributed by atoms with Crippen molar-refractivity contribution >= 4 is 147 Å². The van der Waals surface area contributed by atoms with Crippen LogP contribution in [0.2, 0.25) is 0 Å². The molecule has 0 amide bonds. The molecule has 0 fully saturated rings. The van der Waals surface area contributed by atoms with Gasteiger partial charge in [0.25, 0.3) is 0 Å². The summed E-state index contributed by atoms with van der Waals surface area (Å²) in [6.07, 6.45) is 8.45. The first-order chi connectivity index (χ1) is 49.6. The predicted octanol–water partition coefficient (Wildman–Crippen LogP) is 26.8. The zero-order valence-corrected chi connectivity index (χ0v) is 75.4. The van der Waals surface area contributed by atoms with Crippen LogP contribution in [0, 0.1) is 51.0 Å². The van der Waals surface area contributed by atoms with Crippen LogP contribution in [0.1, 0.15) is 38.9 Å². The minimum atomic E-state index is 0. The number of aromatic hydroxyl groups is 5. The third-order valence-electron chi connectivity index (χ3n) is 14.1. The second-order valence-electron chi connectivity index (χ2n) is 20.5. The fourth-order valence-corrected chi connectivity index (χ4v) is 9.19. The van der Waals surface area contributed by atoms with Crippen LogP contribution in [0.25, 0.3) is 32.7 Å². The van der Waals surface area contributed by atoms with Gasteiger partial charge in [0.1, 0.15) is 28.7 Å². The van der Waals surface area contributed by atoms with Crippen molar-refractivity contribution < 1.29 is 117 Å². The molecule has 20 heteroatoms. The molecular weight excluding hydrogens is 1820 g/mol. The average molecular weight is 1900 g/mol. The molecule has 0 aliphatic rings. The number of benzene rings is 13. The Balaban J connectivity index is 0. The van der Waals surface area contributed by atoms with Crippen molar-refractivity contribution in [2.24, 2.45) is 25.0 Å². The number of hydrogen-bond donors (Lipinski definition) is 5. The van der Waals surface area contributed by atoms with E-state index in [-0.39, 0.29) is 54.4 Å². The van der Waals surface area contributed by atoms with E-state index in [2.05, 4.69) is 103 Å². The summed E-state index contributed by atoms with van der Waals surface area (Å²) in [6.45, 7) is 3.74. The van der Waals surface area contributed by atoms with Crippen LogP contribution in [0.4, 0.5) is 28.4 Å². The van der Waals surface area contributed by atoms with Crippen LogP contribution in [0.5, 0.6) is 28.7 Å². The molecule has 0 saturated carbocycles. The molecule has 0 radical (unpaired) electrons. The predicted molar refractivity (Wildman–Crippen MR) is 456 cm³/mol. The summed E-state index contributed by atoms with van der Waals surface area (Å²) in [6, 6.07) is 98.3. The normalized spacial score (nSPS) is 9.60. The molecule has 106 heavy (non-hydrogen) atoms. The second-order valence-corrected chi connectivity index (χ2v) is 20.5. The molecule has 0 spiro atoms. The summed E-state index contributed by atoms with van der Waals surface area (Å²) < 4.78 is 0. The summed E-state index contributed by atoms with van der Waals surface area (Å²) in [5.41, 5.74) is 11.6. The Bertz CT molecular complexity index is 4550. The third-order valence-corrected chi connectivity index (χ3v) is 14.1. The van der Waals surface area contributed by atoms with Gasteiger partial charge in [-0.2, -0.15) is 0 Å². The zero-order valence-electron chi connectivity index (χ0n) is 59.7. The third kappa shape index (κ3) is 35.4. The molecule has 0 bridgehead atoms. The molecule has 13 aromatic rings. The maximum atomic E-state index is 10.4. The number of phenolic OH excluding ortho intramolecular Hbond substituents is 5. The number of rotatable bonds is 11. The van der Waals surface area contributed by atoms with E-state index in [1.165, 1.54) is 0 Å². The van der Waals surface area contributed by atoms with E-state index in [1.807, 2.05) is 385 Å². The fraction of sp³-hybridized carbons (Fsp3) is 0.0233. The van der Waals surface area contributed by atoms with Gasteiger partial charge in [-0.15, -0.1) is 0 Å². The van der Waals surface area contributed by atoms with Gasteiger partial charge in [0, 0.05) is 69.8 Å². The first-order valence-corrected chi connectivity index (χ1v) is 49.6. The van der Waals surface area contributed by atoms with Crippen molar-refractivity contribution in [3.8, 4) is 39.9 Å². The summed E-state index contributed by atoms with van der Waals surface area (Å²) in [5.74, 6) is 1.33. The number of fused-ring (bicyclic) bond motifs is 2. The molecule has 0 heterocycles. The number of aliphatic imine (C=N–C) groups is 5. The minimum absolute atomic E-state index is 0. The Morgan fingerprint density at radius 2 is 0.566 bits per heavy atom. The van der Waals surface area contributed by atoms with Gasteiger partial charge in [0.05, 0.1) is 28.4 Å². The number of nitrogens with zero attached hydrogens (tertiary/aromatic N) is 5. The Morgan fingerprint density at radius 3 is 1.00 bits per heavy atom. The van der Waals surface area contributed by atoms with Crippen LogP contribution in [-0.4, -0.2) is 56.6 Å². The molecular formula is C86H82Br5N5O5Ti5. The van der Waals surface area contributed by atoms with Gasteiger partial charge in [0.2, 0.25) is 0 Å². The van der Waals surface area contributed by atoms with Crippen molar-refractivity contribution in [3.05, 3.63) is 385 Å². The quantitative estimate of drug-likeness (QED) is 0.0494. The van der Waals surface area contributed by atoms with Gasteiger partial charge >= 0.3 is 158 Å². The average Bonchev–Trinajstić information content (AvgIpc) is 0.819. The zero-order chi connectivity index (χ0) is 73.4. The summed E-state index contributed by atoms with van der Waals surface area (Å²) >= 11 is 23.8. The molecule has 0 aliphatic heterocycles. The van der Waals surface area contributed by atoms with E-state index >= 15 is 0 Å². The molecule has 10 nitrogen and oxygen atoms in total. The van der Waals surface area contributed by atoms with E-state index in [4.69, 9.17) is 0 Å². The van der Waals surface area contributed by atoms with Crippen molar-refractivity contribution in [2.75, 3.05) is 0 Å². The topological polar surface area (TPSA) is 163 Å². The van der Waals surface area contributed by atoms with Gasteiger partial charge in [-0.05, 0) is 138 Å². The second kappa shape index (κ2) is 61.6. The van der Waals surface area contributed by atoms with Gasteiger partial charge in [-0.3, -0.25) is 25.0 Å². The van der Waals surface area contributed by atoms with Crippen LogP contribution in [0.3, 0.4) is 0 Å². The van der Waals surface area contributed by atoms with Crippen LogP contribution in [0.15, 0.2) is 334 Å². The number of para-hydroxylation sites is 8. The van der Waals surface area contributed by atoms with E-state index < -0.39 is 0 Å². The number of aryl methyl sites for hydroxylation is 2. The van der Waals surface area contributed by atoms with Crippen molar-refractivity contribution in [1.29, 1.82) is 0 Å². The first-order valence-electron chi connectivity index (χ1n) is 30.3. The molecule has 5 N–H and O–H groups in total. The SMILES string of the molecule is Cc1cccc(C=Nc2ccccc2)c1O.Cc1cccc(C=Nc2ccccc2)c1O.Oc1c(C=Nc2ccccc2)cccc1-c1ccccc1.Oc1ccc2ccccc2c1C=Nc1ccccc1.Oc1ccccc1C=Nc1cccc2ccccc12.[CH3-].[CH3-].[CH3-].[CH3-].[CH3-].[Ti+][Br].[Ti+][Br].[Ti+][Br].[Ti+][Br].[Ti+][Br]. The van der Waals surface area contributed by atoms with E-state index in [9.17, 15) is 25.5 Å². The van der Waals surface area contributed by atoms with Gasteiger partial charge < -0.3 is 62.7 Å². The summed E-state index contributed by atoms with van der Waals surface area (Å²) in [7, 11) is 0.